The maximum Gasteiger partial charge on any atom is 0.119 e. The molecule has 0 bridgehead atoms. The molecular weight excluding hydrogens is 162 g/mol. The lowest BCUT2D eigenvalue weighted by Crippen LogP contribution is -1.90. The van der Waals surface area contributed by atoms with Crippen LogP contribution >= 0.6 is 12.4 Å². The van der Waals surface area contributed by atoms with E-state index >= 15 is 0 Å². The Hall–Kier alpha value is -0.890. The van der Waals surface area contributed by atoms with Crippen LogP contribution in [0.3, 0.4) is 0 Å². The third-order valence-corrected chi connectivity index (χ3v) is 1.48. The third-order valence-electron chi connectivity index (χ3n) is 1.48. The van der Waals surface area contributed by atoms with Crippen LogP contribution in [0.4, 0.5) is 5.69 Å². The van der Waals surface area contributed by atoms with Gasteiger partial charge in [0.1, 0.15) is 5.75 Å². The normalized spacial score (nSPS) is 8.55. The fourth-order valence-electron chi connectivity index (χ4n) is 0.775. The summed E-state index contributed by atoms with van der Waals surface area (Å²) in [5.41, 5.74) is 7.45. The van der Waals surface area contributed by atoms with E-state index in [0.29, 0.717) is 0 Å². The molecule has 3 heteroatoms. The Kier molecular flexibility index (Phi) is 3.76. The van der Waals surface area contributed by atoms with E-state index in [0.717, 1.165) is 17.0 Å². The number of hydrogen-bond acceptors (Lipinski definition) is 2. The Bertz CT molecular complexity index is 238. The van der Waals surface area contributed by atoms with Crippen LogP contribution in [0.25, 0.3) is 0 Å². The Balaban J connectivity index is 0.000001000. The number of methoxy groups -OCH3 is 1. The fraction of sp³-hybridized carbons (Fsp3) is 0.250. The Morgan fingerprint density at radius 2 is 2.00 bits per heavy atom. The zero-order valence-corrected chi connectivity index (χ0v) is 7.44. The number of nitrogens with two attached hydrogens (primary N) is 1. The molecule has 0 heterocycles. The number of aryl methyl sites for hydroxylation is 1. The molecule has 0 aliphatic carbocycles. The highest BCUT2D eigenvalue weighted by atomic mass is 35.5. The van der Waals surface area contributed by atoms with Crippen molar-refractivity contribution in [3.05, 3.63) is 23.8 Å². The van der Waals surface area contributed by atoms with Crippen molar-refractivity contribution in [1.82, 2.24) is 0 Å². The molecule has 0 saturated heterocycles. The summed E-state index contributed by atoms with van der Waals surface area (Å²) in [7, 11) is 1.64. The molecule has 11 heavy (non-hydrogen) atoms. The summed E-state index contributed by atoms with van der Waals surface area (Å²) in [6, 6.07) is 5.60. The summed E-state index contributed by atoms with van der Waals surface area (Å²) < 4.78 is 4.99. The van der Waals surface area contributed by atoms with Crippen molar-refractivity contribution in [3.8, 4) is 5.75 Å². The first-order valence-corrected chi connectivity index (χ1v) is 3.14. The minimum absolute atomic E-state index is 0. The molecule has 0 fully saturated rings. The lowest BCUT2D eigenvalue weighted by atomic mass is 10.2. The predicted octanol–water partition coefficient (Wildman–Crippen LogP) is 2.01. The molecule has 0 aliphatic rings. The van der Waals surface area contributed by atoms with Gasteiger partial charge in [0.15, 0.2) is 0 Å². The lowest BCUT2D eigenvalue weighted by molar-refractivity contribution is 0.414. The summed E-state index contributed by atoms with van der Waals surface area (Å²) in [5.74, 6) is 0.853. The Labute approximate surface area is 72.8 Å². The maximum atomic E-state index is 5.59. The standard InChI is InChI=1S/C8H11NO.ClH/c1-6-5-7(10-2)3-4-8(6)9;/h3-5H,9H2,1-2H3;1H. The van der Waals surface area contributed by atoms with E-state index in [1.54, 1.807) is 7.11 Å². The molecule has 0 saturated carbocycles. The second-order valence-corrected chi connectivity index (χ2v) is 2.22. The van der Waals surface area contributed by atoms with Gasteiger partial charge in [-0.15, -0.1) is 12.4 Å². The first-order valence-electron chi connectivity index (χ1n) is 3.14. The predicted molar refractivity (Wildman–Crippen MR) is 49.4 cm³/mol. The van der Waals surface area contributed by atoms with Gasteiger partial charge in [-0.3, -0.25) is 0 Å². The van der Waals surface area contributed by atoms with Crippen LogP contribution in [-0.4, -0.2) is 7.11 Å². The molecule has 2 nitrogen and oxygen atoms in total. The van der Waals surface area contributed by atoms with Gasteiger partial charge in [-0.25, -0.2) is 0 Å². The Morgan fingerprint density at radius 3 is 2.45 bits per heavy atom. The summed E-state index contributed by atoms with van der Waals surface area (Å²) in [5, 5.41) is 0. The van der Waals surface area contributed by atoms with Gasteiger partial charge in [-0.2, -0.15) is 0 Å². The van der Waals surface area contributed by atoms with Crippen molar-refractivity contribution in [2.45, 2.75) is 6.92 Å². The lowest BCUT2D eigenvalue weighted by Gasteiger charge is -2.02. The first kappa shape index (κ1) is 10.1. The monoisotopic (exact) mass is 173 g/mol. The van der Waals surface area contributed by atoms with Gasteiger partial charge in [0, 0.05) is 5.69 Å². The highest BCUT2D eigenvalue weighted by Gasteiger charge is 1.93. The molecule has 1 rings (SSSR count). The molecule has 62 valence electrons. The van der Waals surface area contributed by atoms with Crippen LogP contribution in [0.2, 0.25) is 0 Å². The van der Waals surface area contributed by atoms with Gasteiger partial charge >= 0.3 is 0 Å². The van der Waals surface area contributed by atoms with Crippen LogP contribution in [0, 0.1) is 6.92 Å². The molecule has 1 aromatic rings. The zero-order chi connectivity index (χ0) is 7.56. The molecule has 0 aliphatic heterocycles. The van der Waals surface area contributed by atoms with Crippen molar-refractivity contribution in [1.29, 1.82) is 0 Å². The number of benzene rings is 1. The molecule has 0 spiro atoms. The van der Waals surface area contributed by atoms with Crippen LogP contribution in [-0.2, 0) is 0 Å². The number of anilines is 1. The summed E-state index contributed by atoms with van der Waals surface area (Å²) in [6.45, 7) is 1.96. The molecule has 2 N–H and O–H groups in total. The van der Waals surface area contributed by atoms with E-state index in [9.17, 15) is 0 Å². The minimum Gasteiger partial charge on any atom is -0.497 e. The van der Waals surface area contributed by atoms with Gasteiger partial charge in [0.05, 0.1) is 7.11 Å². The minimum atomic E-state index is 0. The van der Waals surface area contributed by atoms with Gasteiger partial charge in [-0.1, -0.05) is 0 Å². The number of ether oxygens (including phenoxy) is 1. The van der Waals surface area contributed by atoms with Crippen molar-refractivity contribution in [2.24, 2.45) is 0 Å². The largest absolute Gasteiger partial charge is 0.497 e. The molecule has 0 aromatic heterocycles. The molecule has 0 atom stereocenters. The highest BCUT2D eigenvalue weighted by Crippen LogP contribution is 2.17. The molecule has 1 aromatic carbocycles. The maximum absolute atomic E-state index is 5.59. The van der Waals surface area contributed by atoms with E-state index in [4.69, 9.17) is 10.5 Å². The van der Waals surface area contributed by atoms with Crippen LogP contribution in [0.5, 0.6) is 5.75 Å². The molecule has 0 amide bonds. The van der Waals surface area contributed by atoms with E-state index in [1.807, 2.05) is 25.1 Å². The second-order valence-electron chi connectivity index (χ2n) is 2.22. The summed E-state index contributed by atoms with van der Waals surface area (Å²) in [6.07, 6.45) is 0. The number of rotatable bonds is 1. The van der Waals surface area contributed by atoms with E-state index < -0.39 is 0 Å². The quantitative estimate of drug-likeness (QED) is 0.660. The SMILES string of the molecule is COc1ccc(N)c(C)c1.Cl. The highest BCUT2D eigenvalue weighted by molar-refractivity contribution is 5.85. The average Bonchev–Trinajstić information content (AvgIpc) is 1.95. The number of hydrogen-bond donors (Lipinski definition) is 1. The van der Waals surface area contributed by atoms with Crippen LogP contribution in [0.15, 0.2) is 18.2 Å². The summed E-state index contributed by atoms with van der Waals surface area (Å²) in [4.78, 5) is 0. The second kappa shape index (κ2) is 4.09. The van der Waals surface area contributed by atoms with Crippen molar-refractivity contribution in [3.63, 3.8) is 0 Å². The molecule has 0 radical (unpaired) electrons. The fourth-order valence-corrected chi connectivity index (χ4v) is 0.775. The Morgan fingerprint density at radius 1 is 1.36 bits per heavy atom. The number of nitrogen functional groups attached to an aromatic ring is 1. The zero-order valence-electron chi connectivity index (χ0n) is 6.63. The smallest absolute Gasteiger partial charge is 0.119 e. The average molecular weight is 174 g/mol. The van der Waals surface area contributed by atoms with Crippen LogP contribution in [0.1, 0.15) is 5.56 Å². The van der Waals surface area contributed by atoms with Gasteiger partial charge in [0.25, 0.3) is 0 Å². The van der Waals surface area contributed by atoms with E-state index in [1.165, 1.54) is 0 Å². The summed E-state index contributed by atoms with van der Waals surface area (Å²) >= 11 is 0. The van der Waals surface area contributed by atoms with Gasteiger partial charge in [0.2, 0.25) is 0 Å². The third kappa shape index (κ3) is 2.31. The van der Waals surface area contributed by atoms with Gasteiger partial charge in [-0.05, 0) is 30.7 Å². The van der Waals surface area contributed by atoms with Crippen LogP contribution < -0.4 is 10.5 Å². The van der Waals surface area contributed by atoms with Crippen molar-refractivity contribution >= 4 is 18.1 Å². The number of halogens is 1. The van der Waals surface area contributed by atoms with Crippen molar-refractivity contribution in [2.75, 3.05) is 12.8 Å². The first-order chi connectivity index (χ1) is 4.74. The topological polar surface area (TPSA) is 35.2 Å². The van der Waals surface area contributed by atoms with Crippen molar-refractivity contribution < 1.29 is 4.74 Å². The van der Waals surface area contributed by atoms with E-state index in [2.05, 4.69) is 0 Å². The molecular formula is C8H12ClNO. The van der Waals surface area contributed by atoms with Gasteiger partial charge < -0.3 is 10.5 Å². The molecule has 0 unspecified atom stereocenters. The van der Waals surface area contributed by atoms with E-state index in [-0.39, 0.29) is 12.4 Å².